The Bertz CT molecular complexity index is 596. The molecule has 124 valence electrons. The van der Waals surface area contributed by atoms with E-state index in [0.29, 0.717) is 6.54 Å². The molecule has 1 aromatic heterocycles. The summed E-state index contributed by atoms with van der Waals surface area (Å²) >= 11 is 0. The van der Waals surface area contributed by atoms with Gasteiger partial charge in [0, 0.05) is 38.4 Å². The fourth-order valence-corrected chi connectivity index (χ4v) is 2.05. The van der Waals surface area contributed by atoms with Gasteiger partial charge >= 0.3 is 0 Å². The van der Waals surface area contributed by atoms with Crippen LogP contribution in [0.15, 0.2) is 45.9 Å². The molecular weight excluding hydrogens is 292 g/mol. The lowest BCUT2D eigenvalue weighted by atomic mass is 10.2. The minimum absolute atomic E-state index is 0.468. The number of methoxy groups -OCH3 is 1. The van der Waals surface area contributed by atoms with Crippen molar-refractivity contribution in [1.82, 2.24) is 15.8 Å². The summed E-state index contributed by atoms with van der Waals surface area (Å²) in [6.45, 7) is 4.86. The number of benzene rings is 1. The number of nitrogens with one attached hydrogen (secondary N) is 2. The highest BCUT2D eigenvalue weighted by molar-refractivity contribution is 5.79. The van der Waals surface area contributed by atoms with Gasteiger partial charge in [0.25, 0.3) is 0 Å². The molecule has 23 heavy (non-hydrogen) atoms. The fraction of sp³-hybridized carbons (Fsp3) is 0.412. The molecule has 1 aromatic carbocycles. The highest BCUT2D eigenvalue weighted by atomic mass is 16.5. The Balaban J connectivity index is 1.92. The first-order valence-corrected chi connectivity index (χ1v) is 7.85. The predicted octanol–water partition coefficient (Wildman–Crippen LogP) is 2.43. The van der Waals surface area contributed by atoms with E-state index in [9.17, 15) is 0 Å². The lowest BCUT2D eigenvalue weighted by molar-refractivity contribution is 0.195. The molecule has 0 radical (unpaired) electrons. The molecule has 2 N–H and O–H groups in total. The molecule has 0 atom stereocenters. The molecule has 2 aromatic rings. The molecule has 6 heteroatoms. The van der Waals surface area contributed by atoms with Crippen molar-refractivity contribution in [2.45, 2.75) is 19.9 Å². The number of guanidine groups is 1. The van der Waals surface area contributed by atoms with E-state index in [1.165, 1.54) is 0 Å². The normalized spacial score (nSPS) is 11.5. The second-order valence-electron chi connectivity index (χ2n) is 5.02. The lowest BCUT2D eigenvalue weighted by Gasteiger charge is -2.10. The van der Waals surface area contributed by atoms with Crippen LogP contribution in [0.25, 0.3) is 11.3 Å². The minimum Gasteiger partial charge on any atom is -0.385 e. The Labute approximate surface area is 136 Å². The van der Waals surface area contributed by atoms with Gasteiger partial charge in [0.1, 0.15) is 5.69 Å². The number of aliphatic imine (C=N–C) groups is 1. The summed E-state index contributed by atoms with van der Waals surface area (Å²) in [4.78, 5) is 4.52. The van der Waals surface area contributed by atoms with Crippen molar-refractivity contribution >= 4 is 5.96 Å². The van der Waals surface area contributed by atoms with Crippen molar-refractivity contribution in [2.75, 3.05) is 26.8 Å². The zero-order valence-corrected chi connectivity index (χ0v) is 13.7. The third-order valence-corrected chi connectivity index (χ3v) is 3.18. The molecule has 0 saturated carbocycles. The minimum atomic E-state index is 0.468. The van der Waals surface area contributed by atoms with Gasteiger partial charge in [0.2, 0.25) is 0 Å². The maximum Gasteiger partial charge on any atom is 0.191 e. The highest BCUT2D eigenvalue weighted by Gasteiger charge is 2.06. The van der Waals surface area contributed by atoms with Gasteiger partial charge in [-0.3, -0.25) is 0 Å². The third-order valence-electron chi connectivity index (χ3n) is 3.18. The summed E-state index contributed by atoms with van der Waals surface area (Å²) in [6, 6.07) is 11.8. The van der Waals surface area contributed by atoms with Crippen LogP contribution in [0.2, 0.25) is 0 Å². The van der Waals surface area contributed by atoms with Crippen molar-refractivity contribution in [3.8, 4) is 11.3 Å². The predicted molar refractivity (Wildman–Crippen MR) is 91.3 cm³/mol. The van der Waals surface area contributed by atoms with Gasteiger partial charge in [-0.2, -0.15) is 0 Å². The van der Waals surface area contributed by atoms with Gasteiger partial charge in [-0.05, 0) is 13.3 Å². The van der Waals surface area contributed by atoms with E-state index in [-0.39, 0.29) is 0 Å². The molecular formula is C17H24N4O2. The summed E-state index contributed by atoms with van der Waals surface area (Å²) < 4.78 is 10.4. The molecule has 1 heterocycles. The van der Waals surface area contributed by atoms with Crippen molar-refractivity contribution in [3.63, 3.8) is 0 Å². The number of rotatable bonds is 8. The van der Waals surface area contributed by atoms with Crippen LogP contribution in [-0.2, 0) is 11.3 Å². The zero-order valence-electron chi connectivity index (χ0n) is 13.7. The van der Waals surface area contributed by atoms with Crippen LogP contribution < -0.4 is 10.6 Å². The van der Waals surface area contributed by atoms with Crippen LogP contribution in [0.1, 0.15) is 19.0 Å². The molecule has 0 bridgehead atoms. The molecule has 0 aliphatic heterocycles. The van der Waals surface area contributed by atoms with E-state index >= 15 is 0 Å². The molecule has 0 unspecified atom stereocenters. The lowest BCUT2D eigenvalue weighted by Crippen LogP contribution is -2.38. The average molecular weight is 316 g/mol. The number of ether oxygens (including phenoxy) is 1. The van der Waals surface area contributed by atoms with E-state index in [4.69, 9.17) is 9.26 Å². The quantitative estimate of drug-likeness (QED) is 0.445. The van der Waals surface area contributed by atoms with Gasteiger partial charge in [0.15, 0.2) is 11.7 Å². The van der Waals surface area contributed by atoms with E-state index in [1.54, 1.807) is 7.11 Å². The Morgan fingerprint density at radius 1 is 1.26 bits per heavy atom. The molecule has 2 rings (SSSR count). The highest BCUT2D eigenvalue weighted by Crippen LogP contribution is 2.19. The topological polar surface area (TPSA) is 71.7 Å². The van der Waals surface area contributed by atoms with Crippen molar-refractivity contribution in [1.29, 1.82) is 0 Å². The van der Waals surface area contributed by atoms with Gasteiger partial charge in [0.05, 0.1) is 6.54 Å². The first-order valence-electron chi connectivity index (χ1n) is 7.85. The number of hydrogen-bond acceptors (Lipinski definition) is 4. The van der Waals surface area contributed by atoms with Crippen molar-refractivity contribution in [3.05, 3.63) is 42.1 Å². The van der Waals surface area contributed by atoms with Gasteiger partial charge in [-0.15, -0.1) is 0 Å². The Kier molecular flexibility index (Phi) is 7.13. The molecule has 0 spiro atoms. The van der Waals surface area contributed by atoms with Crippen LogP contribution in [0, 0.1) is 0 Å². The molecule has 0 aliphatic carbocycles. The van der Waals surface area contributed by atoms with Crippen LogP contribution >= 0.6 is 0 Å². The fourth-order valence-electron chi connectivity index (χ4n) is 2.05. The number of nitrogens with zero attached hydrogens (tertiary/aromatic N) is 2. The van der Waals surface area contributed by atoms with Crippen LogP contribution in [0.5, 0.6) is 0 Å². The first-order chi connectivity index (χ1) is 11.3. The first kappa shape index (κ1) is 17.0. The molecule has 0 fully saturated rings. The van der Waals surface area contributed by atoms with Crippen molar-refractivity contribution in [2.24, 2.45) is 4.99 Å². The molecule has 0 aliphatic rings. The van der Waals surface area contributed by atoms with Gasteiger partial charge in [-0.25, -0.2) is 4.99 Å². The van der Waals surface area contributed by atoms with E-state index in [0.717, 1.165) is 49.1 Å². The summed E-state index contributed by atoms with van der Waals surface area (Å²) in [5, 5.41) is 10.5. The second kappa shape index (κ2) is 9.63. The van der Waals surface area contributed by atoms with E-state index in [1.807, 2.05) is 43.3 Å². The second-order valence-corrected chi connectivity index (χ2v) is 5.02. The monoisotopic (exact) mass is 316 g/mol. The molecule has 6 nitrogen and oxygen atoms in total. The number of hydrogen-bond donors (Lipinski definition) is 2. The SMILES string of the molecule is CCNC(=NCc1cc(-c2ccccc2)on1)NCCCOC. The maximum absolute atomic E-state index is 5.38. The zero-order chi connectivity index (χ0) is 16.3. The van der Waals surface area contributed by atoms with Gasteiger partial charge < -0.3 is 19.9 Å². The summed E-state index contributed by atoms with van der Waals surface area (Å²) in [6.07, 6.45) is 0.934. The smallest absolute Gasteiger partial charge is 0.191 e. The van der Waals surface area contributed by atoms with Crippen molar-refractivity contribution < 1.29 is 9.26 Å². The third kappa shape index (κ3) is 5.75. The number of aromatic nitrogens is 1. The average Bonchev–Trinajstić information content (AvgIpc) is 3.06. The van der Waals surface area contributed by atoms with Crippen LogP contribution in [-0.4, -0.2) is 37.9 Å². The summed E-state index contributed by atoms with van der Waals surface area (Å²) in [5.74, 6) is 1.53. The summed E-state index contributed by atoms with van der Waals surface area (Å²) in [7, 11) is 1.70. The molecule has 0 saturated heterocycles. The van der Waals surface area contributed by atoms with E-state index < -0.39 is 0 Å². The Morgan fingerprint density at radius 2 is 2.09 bits per heavy atom. The largest absolute Gasteiger partial charge is 0.385 e. The van der Waals surface area contributed by atoms with Crippen LogP contribution in [0.4, 0.5) is 0 Å². The Morgan fingerprint density at radius 3 is 2.83 bits per heavy atom. The van der Waals surface area contributed by atoms with Crippen LogP contribution in [0.3, 0.4) is 0 Å². The Hall–Kier alpha value is -2.34. The van der Waals surface area contributed by atoms with E-state index in [2.05, 4.69) is 20.8 Å². The molecule has 0 amide bonds. The maximum atomic E-state index is 5.38. The standard InChI is InChI=1S/C17H24N4O2/c1-3-18-17(19-10-7-11-22-2)20-13-15-12-16(23-21-15)14-8-5-4-6-9-14/h4-6,8-9,12H,3,7,10-11,13H2,1-2H3,(H2,18,19,20). The summed E-state index contributed by atoms with van der Waals surface area (Å²) in [5.41, 5.74) is 1.82. The van der Waals surface area contributed by atoms with Gasteiger partial charge in [-0.1, -0.05) is 35.5 Å².